The first-order valence-electron chi connectivity index (χ1n) is 6.39. The molecular weight excluding hydrogens is 218 g/mol. The van der Waals surface area contributed by atoms with Crippen LogP contribution in [0.25, 0.3) is 0 Å². The Morgan fingerprint density at radius 2 is 2.12 bits per heavy atom. The van der Waals surface area contributed by atoms with E-state index in [1.165, 1.54) is 25.7 Å². The van der Waals surface area contributed by atoms with Gasteiger partial charge >= 0.3 is 0 Å². The van der Waals surface area contributed by atoms with Crippen molar-refractivity contribution >= 4 is 0 Å². The molecule has 0 spiro atoms. The van der Waals surface area contributed by atoms with Crippen LogP contribution >= 0.6 is 0 Å². The summed E-state index contributed by atoms with van der Waals surface area (Å²) in [7, 11) is 1.62. The van der Waals surface area contributed by atoms with Crippen molar-refractivity contribution in [3.8, 4) is 0 Å². The van der Waals surface area contributed by atoms with E-state index < -0.39 is 0 Å². The van der Waals surface area contributed by atoms with E-state index in [1.807, 2.05) is 0 Å². The second kappa shape index (κ2) is 4.38. The van der Waals surface area contributed by atoms with Crippen molar-refractivity contribution in [3.63, 3.8) is 0 Å². The lowest BCUT2D eigenvalue weighted by molar-refractivity contribution is 0.177. The van der Waals surface area contributed by atoms with Crippen molar-refractivity contribution in [2.24, 2.45) is 17.6 Å². The number of ether oxygens (including phenoxy) is 1. The number of methoxy groups -OCH3 is 1. The van der Waals surface area contributed by atoms with Crippen molar-refractivity contribution in [1.29, 1.82) is 0 Å². The highest BCUT2D eigenvalue weighted by Gasteiger charge is 2.54. The Morgan fingerprint density at radius 1 is 1.41 bits per heavy atom. The maximum absolute atomic E-state index is 5.88. The van der Waals surface area contributed by atoms with Gasteiger partial charge in [0.25, 0.3) is 0 Å². The van der Waals surface area contributed by atoms with E-state index >= 15 is 0 Å². The molecule has 5 nitrogen and oxygen atoms in total. The predicted molar refractivity (Wildman–Crippen MR) is 61.3 cm³/mol. The molecule has 94 valence electrons. The van der Waals surface area contributed by atoms with Gasteiger partial charge in [-0.25, -0.2) is 0 Å². The Kier molecular flexibility index (Phi) is 2.88. The molecule has 2 saturated carbocycles. The average molecular weight is 237 g/mol. The van der Waals surface area contributed by atoms with E-state index in [0.29, 0.717) is 18.3 Å². The molecule has 3 rings (SSSR count). The second-order valence-corrected chi connectivity index (χ2v) is 5.19. The maximum atomic E-state index is 5.88. The third-order valence-corrected chi connectivity index (χ3v) is 4.08. The number of aromatic nitrogens is 2. The summed E-state index contributed by atoms with van der Waals surface area (Å²) in [6, 6.07) is -0.279. The van der Waals surface area contributed by atoms with E-state index in [4.69, 9.17) is 15.0 Å². The van der Waals surface area contributed by atoms with Gasteiger partial charge in [-0.3, -0.25) is 0 Å². The Hall–Kier alpha value is -0.940. The summed E-state index contributed by atoms with van der Waals surface area (Å²) in [5.41, 5.74) is 5.88. The van der Waals surface area contributed by atoms with Crippen LogP contribution in [0.1, 0.15) is 49.4 Å². The zero-order valence-electron chi connectivity index (χ0n) is 10.1. The summed E-state index contributed by atoms with van der Waals surface area (Å²) >= 11 is 0. The van der Waals surface area contributed by atoms with Gasteiger partial charge in [-0.05, 0) is 24.7 Å². The topological polar surface area (TPSA) is 74.2 Å². The number of hydrogen-bond donors (Lipinski definition) is 1. The van der Waals surface area contributed by atoms with Gasteiger partial charge in [0.05, 0.1) is 12.6 Å². The summed E-state index contributed by atoms with van der Waals surface area (Å²) in [6.07, 6.45) is 5.33. The summed E-state index contributed by atoms with van der Waals surface area (Å²) < 4.78 is 10.3. The number of fused-ring (bicyclic) bond motifs is 1. The zero-order valence-corrected chi connectivity index (χ0v) is 10.1. The van der Waals surface area contributed by atoms with Gasteiger partial charge in [-0.2, -0.15) is 4.98 Å². The fourth-order valence-electron chi connectivity index (χ4n) is 3.15. The van der Waals surface area contributed by atoms with E-state index in [2.05, 4.69) is 10.1 Å². The SMILES string of the molecule is COCC(N)c1noc(C2C3CCCCC32)n1. The molecule has 0 aliphatic heterocycles. The second-order valence-electron chi connectivity index (χ2n) is 5.19. The van der Waals surface area contributed by atoms with Crippen LogP contribution < -0.4 is 5.73 Å². The third-order valence-electron chi connectivity index (χ3n) is 4.08. The highest BCUT2D eigenvalue weighted by molar-refractivity contribution is 5.15. The first-order chi connectivity index (χ1) is 8.31. The molecule has 0 amide bonds. The lowest BCUT2D eigenvalue weighted by Crippen LogP contribution is -2.17. The fraction of sp³-hybridized carbons (Fsp3) is 0.833. The van der Waals surface area contributed by atoms with Gasteiger partial charge in [-0.1, -0.05) is 18.0 Å². The molecule has 1 heterocycles. The minimum atomic E-state index is -0.279. The molecule has 0 bridgehead atoms. The van der Waals surface area contributed by atoms with Gasteiger partial charge in [0.1, 0.15) is 0 Å². The molecule has 2 fully saturated rings. The maximum Gasteiger partial charge on any atom is 0.230 e. The highest BCUT2D eigenvalue weighted by atomic mass is 16.5. The quantitative estimate of drug-likeness (QED) is 0.861. The van der Waals surface area contributed by atoms with Crippen molar-refractivity contribution < 1.29 is 9.26 Å². The Bertz CT molecular complexity index is 381. The van der Waals surface area contributed by atoms with Gasteiger partial charge in [0.15, 0.2) is 5.82 Å². The minimum Gasteiger partial charge on any atom is -0.383 e. The molecular formula is C12H19N3O2. The standard InChI is InChI=1S/C12H19N3O2/c1-16-6-9(13)11-14-12(17-15-11)10-7-4-2-3-5-8(7)10/h7-10H,2-6,13H2,1H3. The van der Waals surface area contributed by atoms with Crippen molar-refractivity contribution in [1.82, 2.24) is 10.1 Å². The third kappa shape index (κ3) is 1.98. The van der Waals surface area contributed by atoms with E-state index in [0.717, 1.165) is 17.7 Å². The molecule has 17 heavy (non-hydrogen) atoms. The lowest BCUT2D eigenvalue weighted by atomic mass is 10.0. The summed E-state index contributed by atoms with van der Waals surface area (Å²) in [6.45, 7) is 0.427. The normalized spacial score (nSPS) is 33.2. The first kappa shape index (κ1) is 11.2. The molecule has 1 aromatic heterocycles. The Labute approximate surface area is 101 Å². The van der Waals surface area contributed by atoms with Crippen LogP contribution in [0, 0.1) is 11.8 Å². The van der Waals surface area contributed by atoms with Crippen LogP contribution in [0.3, 0.4) is 0 Å². The number of nitrogens with two attached hydrogens (primary N) is 1. The summed E-state index contributed by atoms with van der Waals surface area (Å²) in [5, 5.41) is 3.96. The van der Waals surface area contributed by atoms with Crippen molar-refractivity contribution in [3.05, 3.63) is 11.7 Å². The molecule has 0 radical (unpaired) electrons. The van der Waals surface area contributed by atoms with Crippen molar-refractivity contribution in [2.75, 3.05) is 13.7 Å². The monoisotopic (exact) mass is 237 g/mol. The van der Waals surface area contributed by atoms with Gasteiger partial charge in [-0.15, -0.1) is 0 Å². The van der Waals surface area contributed by atoms with Crippen LogP contribution in [-0.4, -0.2) is 23.9 Å². The molecule has 5 heteroatoms. The zero-order chi connectivity index (χ0) is 11.8. The number of rotatable bonds is 4. The highest BCUT2D eigenvalue weighted by Crippen LogP contribution is 2.60. The summed E-state index contributed by atoms with van der Waals surface area (Å²) in [4.78, 5) is 4.43. The minimum absolute atomic E-state index is 0.279. The van der Waals surface area contributed by atoms with Crippen LogP contribution in [0.2, 0.25) is 0 Å². The first-order valence-corrected chi connectivity index (χ1v) is 6.39. The Balaban J connectivity index is 1.69. The Morgan fingerprint density at radius 3 is 2.76 bits per heavy atom. The molecule has 3 unspecified atom stereocenters. The van der Waals surface area contributed by atoms with Crippen LogP contribution in [0.4, 0.5) is 0 Å². The van der Waals surface area contributed by atoms with Crippen LogP contribution in [0.15, 0.2) is 4.52 Å². The van der Waals surface area contributed by atoms with E-state index in [9.17, 15) is 0 Å². The lowest BCUT2D eigenvalue weighted by Gasteiger charge is -2.04. The molecule has 2 N–H and O–H groups in total. The van der Waals surface area contributed by atoms with Gasteiger partial charge < -0.3 is 15.0 Å². The largest absolute Gasteiger partial charge is 0.383 e. The fourth-order valence-corrected chi connectivity index (χ4v) is 3.15. The molecule has 2 aliphatic carbocycles. The van der Waals surface area contributed by atoms with Crippen LogP contribution in [0.5, 0.6) is 0 Å². The molecule has 0 saturated heterocycles. The molecule has 3 atom stereocenters. The predicted octanol–water partition coefficient (Wildman–Crippen LogP) is 1.62. The molecule has 0 aromatic carbocycles. The molecule has 2 aliphatic rings. The average Bonchev–Trinajstić information content (AvgIpc) is 2.86. The van der Waals surface area contributed by atoms with E-state index in [1.54, 1.807) is 7.11 Å². The van der Waals surface area contributed by atoms with Crippen molar-refractivity contribution in [2.45, 2.75) is 37.6 Å². The van der Waals surface area contributed by atoms with Gasteiger partial charge in [0, 0.05) is 13.0 Å². The van der Waals surface area contributed by atoms with Gasteiger partial charge in [0.2, 0.25) is 5.89 Å². The number of nitrogens with zero attached hydrogens (tertiary/aromatic N) is 2. The van der Waals surface area contributed by atoms with E-state index in [-0.39, 0.29) is 6.04 Å². The smallest absolute Gasteiger partial charge is 0.230 e. The number of hydrogen-bond acceptors (Lipinski definition) is 5. The van der Waals surface area contributed by atoms with Crippen LogP contribution in [-0.2, 0) is 4.74 Å². The molecule has 1 aromatic rings. The summed E-state index contributed by atoms with van der Waals surface area (Å²) in [5.74, 6) is 3.45.